The van der Waals surface area contributed by atoms with Gasteiger partial charge in [-0.2, -0.15) is 0 Å². The van der Waals surface area contributed by atoms with Crippen LogP contribution in [0.5, 0.6) is 0 Å². The van der Waals surface area contributed by atoms with Crippen LogP contribution < -0.4 is 5.73 Å². The van der Waals surface area contributed by atoms with Gasteiger partial charge >= 0.3 is 0 Å². The number of carbonyl (C=O) groups is 1. The van der Waals surface area contributed by atoms with Crippen LogP contribution in [0.4, 0.5) is 0 Å². The second kappa shape index (κ2) is 5.59. The van der Waals surface area contributed by atoms with Crippen LogP contribution in [-0.2, 0) is 4.79 Å². The Labute approximate surface area is 103 Å². The molecule has 1 aliphatic rings. The number of nitrogens with zero attached hydrogens (tertiary/aromatic N) is 2. The zero-order valence-electron chi connectivity index (χ0n) is 10.3. The topological polar surface area (TPSA) is 49.6 Å². The number of rotatable bonds is 3. The molecule has 0 aliphatic carbocycles. The molecule has 1 heterocycles. The normalized spacial score (nSPS) is 24.2. The fraction of sp³-hybridized carbons (Fsp3) is 0.818. The Balaban J connectivity index is 2.69. The average Bonchev–Trinajstić information content (AvgIpc) is 2.17. The number of nitrogens with two attached hydrogens (primary N) is 1. The number of hydrogen-bond acceptors (Lipinski definition) is 3. The summed E-state index contributed by atoms with van der Waals surface area (Å²) in [6.07, 6.45) is 0.688. The van der Waals surface area contributed by atoms with Gasteiger partial charge in [-0.05, 0) is 20.4 Å². The summed E-state index contributed by atoms with van der Waals surface area (Å²) in [5.74, 6) is -0.198. The summed E-state index contributed by atoms with van der Waals surface area (Å²) in [6.45, 7) is 6.63. The van der Waals surface area contributed by atoms with Crippen molar-refractivity contribution in [1.82, 2.24) is 9.80 Å². The van der Waals surface area contributed by atoms with Crippen LogP contribution in [0.2, 0.25) is 0 Å². The molecular formula is C11H21N3OS. The maximum atomic E-state index is 12.2. The maximum Gasteiger partial charge on any atom is 0.232 e. The Morgan fingerprint density at radius 1 is 1.56 bits per heavy atom. The van der Waals surface area contributed by atoms with Crippen LogP contribution in [-0.4, -0.2) is 53.4 Å². The Bertz CT molecular complexity index is 282. The molecule has 1 fully saturated rings. The minimum absolute atomic E-state index is 0.0931. The van der Waals surface area contributed by atoms with Gasteiger partial charge in [-0.15, -0.1) is 0 Å². The monoisotopic (exact) mass is 243 g/mol. The van der Waals surface area contributed by atoms with Gasteiger partial charge in [0.25, 0.3) is 0 Å². The Morgan fingerprint density at radius 2 is 2.19 bits per heavy atom. The zero-order chi connectivity index (χ0) is 12.3. The van der Waals surface area contributed by atoms with E-state index >= 15 is 0 Å². The largest absolute Gasteiger partial charge is 0.393 e. The number of carbonyl (C=O) groups excluding carboxylic acids is 1. The summed E-state index contributed by atoms with van der Waals surface area (Å²) < 4.78 is 0. The lowest BCUT2D eigenvalue weighted by atomic mass is 10.0. The van der Waals surface area contributed by atoms with Crippen molar-refractivity contribution in [2.45, 2.75) is 26.3 Å². The molecule has 4 nitrogen and oxygen atoms in total. The average molecular weight is 243 g/mol. The molecule has 2 unspecified atom stereocenters. The van der Waals surface area contributed by atoms with Gasteiger partial charge in [-0.3, -0.25) is 4.79 Å². The highest BCUT2D eigenvalue weighted by molar-refractivity contribution is 7.80. The summed E-state index contributed by atoms with van der Waals surface area (Å²) >= 11 is 4.94. The minimum Gasteiger partial charge on any atom is -0.393 e. The molecular weight excluding hydrogens is 222 g/mol. The van der Waals surface area contributed by atoms with E-state index in [4.69, 9.17) is 18.0 Å². The number of amides is 1. The van der Waals surface area contributed by atoms with Gasteiger partial charge in [0.1, 0.15) is 0 Å². The van der Waals surface area contributed by atoms with Crippen molar-refractivity contribution in [3.63, 3.8) is 0 Å². The molecule has 1 amide bonds. The molecule has 0 aromatic heterocycles. The molecule has 2 N–H and O–H groups in total. The van der Waals surface area contributed by atoms with Crippen molar-refractivity contribution in [2.24, 2.45) is 11.7 Å². The Hall–Kier alpha value is -0.680. The highest BCUT2D eigenvalue weighted by Crippen LogP contribution is 2.14. The number of likely N-dealkylation sites (N-methyl/N-ethyl adjacent to an activating group) is 1. The van der Waals surface area contributed by atoms with Gasteiger partial charge in [-0.1, -0.05) is 19.1 Å². The molecule has 92 valence electrons. The molecule has 1 saturated heterocycles. The molecule has 2 atom stereocenters. The standard InChI is InChI=1S/C11H21N3OS/c1-4-9(10(12)16)11(15)14-6-5-13(3)7-8(14)2/h8-9H,4-7H2,1-3H3,(H2,12,16). The van der Waals surface area contributed by atoms with Gasteiger partial charge in [0.05, 0.1) is 10.9 Å². The molecule has 0 aromatic rings. The summed E-state index contributed by atoms with van der Waals surface area (Å²) in [4.78, 5) is 16.7. The molecule has 0 radical (unpaired) electrons. The van der Waals surface area contributed by atoms with Crippen LogP contribution in [0.25, 0.3) is 0 Å². The van der Waals surface area contributed by atoms with Crippen molar-refractivity contribution in [3.8, 4) is 0 Å². The second-order valence-corrected chi connectivity index (χ2v) is 4.98. The fourth-order valence-corrected chi connectivity index (χ4v) is 2.43. The third-order valence-corrected chi connectivity index (χ3v) is 3.45. The Morgan fingerprint density at radius 3 is 2.62 bits per heavy atom. The highest BCUT2D eigenvalue weighted by Gasteiger charge is 2.31. The van der Waals surface area contributed by atoms with Crippen LogP contribution in [0.1, 0.15) is 20.3 Å². The molecule has 5 heteroatoms. The lowest BCUT2D eigenvalue weighted by molar-refractivity contribution is -0.137. The minimum atomic E-state index is -0.291. The van der Waals surface area contributed by atoms with E-state index in [0.717, 1.165) is 19.6 Å². The molecule has 0 spiro atoms. The lowest BCUT2D eigenvalue weighted by Gasteiger charge is -2.39. The van der Waals surface area contributed by atoms with Gasteiger partial charge in [0, 0.05) is 25.7 Å². The second-order valence-electron chi connectivity index (χ2n) is 4.51. The summed E-state index contributed by atoms with van der Waals surface area (Å²) in [7, 11) is 2.07. The molecule has 16 heavy (non-hydrogen) atoms. The Kier molecular flexibility index (Phi) is 4.68. The SMILES string of the molecule is CCC(C(=O)N1CCN(C)CC1C)C(N)=S. The van der Waals surface area contributed by atoms with E-state index in [2.05, 4.69) is 18.9 Å². The van der Waals surface area contributed by atoms with Crippen molar-refractivity contribution < 1.29 is 4.79 Å². The third-order valence-electron chi connectivity index (χ3n) is 3.16. The van der Waals surface area contributed by atoms with Crippen LogP contribution in [0.15, 0.2) is 0 Å². The molecule has 0 aromatic carbocycles. The fourth-order valence-electron chi connectivity index (χ4n) is 2.16. The number of hydrogen-bond donors (Lipinski definition) is 1. The van der Waals surface area contributed by atoms with E-state index < -0.39 is 0 Å². The first-order valence-electron chi connectivity index (χ1n) is 5.75. The van der Waals surface area contributed by atoms with Crippen LogP contribution >= 0.6 is 12.2 Å². The molecule has 1 aliphatic heterocycles. The zero-order valence-corrected chi connectivity index (χ0v) is 11.1. The lowest BCUT2D eigenvalue weighted by Crippen LogP contribution is -2.55. The quantitative estimate of drug-likeness (QED) is 0.732. The predicted octanol–water partition coefficient (Wildman–Crippen LogP) is 0.461. The van der Waals surface area contributed by atoms with E-state index in [9.17, 15) is 4.79 Å². The van der Waals surface area contributed by atoms with Crippen LogP contribution in [0.3, 0.4) is 0 Å². The summed E-state index contributed by atoms with van der Waals surface area (Å²) in [5.41, 5.74) is 5.60. The van der Waals surface area contributed by atoms with Crippen molar-refractivity contribution in [3.05, 3.63) is 0 Å². The number of piperazine rings is 1. The van der Waals surface area contributed by atoms with Crippen molar-refractivity contribution in [1.29, 1.82) is 0 Å². The first kappa shape index (κ1) is 13.4. The maximum absolute atomic E-state index is 12.2. The summed E-state index contributed by atoms with van der Waals surface area (Å²) in [6, 6.07) is 0.245. The van der Waals surface area contributed by atoms with Crippen molar-refractivity contribution >= 4 is 23.1 Å². The molecule has 1 rings (SSSR count). The highest BCUT2D eigenvalue weighted by atomic mass is 32.1. The van der Waals surface area contributed by atoms with E-state index in [1.165, 1.54) is 0 Å². The number of thiocarbonyl (C=S) groups is 1. The van der Waals surface area contributed by atoms with E-state index in [1.807, 2.05) is 11.8 Å². The van der Waals surface area contributed by atoms with Gasteiger partial charge in [-0.25, -0.2) is 0 Å². The van der Waals surface area contributed by atoms with E-state index in [-0.39, 0.29) is 17.9 Å². The third kappa shape index (κ3) is 2.92. The van der Waals surface area contributed by atoms with E-state index in [1.54, 1.807) is 0 Å². The first-order valence-corrected chi connectivity index (χ1v) is 6.16. The van der Waals surface area contributed by atoms with Crippen molar-refractivity contribution in [2.75, 3.05) is 26.7 Å². The first-order chi connectivity index (χ1) is 7.47. The van der Waals surface area contributed by atoms with Gasteiger partial charge < -0.3 is 15.5 Å². The van der Waals surface area contributed by atoms with Gasteiger partial charge in [0.2, 0.25) is 5.91 Å². The van der Waals surface area contributed by atoms with Crippen LogP contribution in [0, 0.1) is 5.92 Å². The smallest absolute Gasteiger partial charge is 0.232 e. The predicted molar refractivity (Wildman–Crippen MR) is 69.2 cm³/mol. The van der Waals surface area contributed by atoms with Gasteiger partial charge in [0.15, 0.2) is 0 Å². The summed E-state index contributed by atoms with van der Waals surface area (Å²) in [5, 5.41) is 0. The van der Waals surface area contributed by atoms with E-state index in [0.29, 0.717) is 11.4 Å². The molecule has 0 bridgehead atoms. The molecule has 0 saturated carbocycles.